The molecule has 0 radical (unpaired) electrons. The number of fused-ring (bicyclic) bond motifs is 1. The van der Waals surface area contributed by atoms with Crippen molar-refractivity contribution in [3.05, 3.63) is 35.4 Å². The van der Waals surface area contributed by atoms with Gasteiger partial charge in [-0.2, -0.15) is 0 Å². The van der Waals surface area contributed by atoms with Gasteiger partial charge < -0.3 is 15.3 Å². The molecule has 0 saturated heterocycles. The predicted molar refractivity (Wildman–Crippen MR) is 59.0 cm³/mol. The van der Waals surface area contributed by atoms with Crippen molar-refractivity contribution in [2.24, 2.45) is 0 Å². The van der Waals surface area contributed by atoms with E-state index in [0.717, 1.165) is 5.56 Å². The number of benzene rings is 2. The SMILES string of the molecule is Cc1cccc2cc(O)c(O)c(C(=O)O)c12. The summed E-state index contributed by atoms with van der Waals surface area (Å²) in [5.41, 5.74) is 0.485. The van der Waals surface area contributed by atoms with Crippen molar-refractivity contribution in [2.45, 2.75) is 6.92 Å². The predicted octanol–water partition coefficient (Wildman–Crippen LogP) is 2.26. The first-order valence-electron chi connectivity index (χ1n) is 4.70. The number of hydrogen-bond donors (Lipinski definition) is 3. The zero-order chi connectivity index (χ0) is 11.9. The van der Waals surface area contributed by atoms with E-state index in [-0.39, 0.29) is 5.56 Å². The molecule has 0 spiro atoms. The van der Waals surface area contributed by atoms with Crippen LogP contribution in [-0.2, 0) is 0 Å². The van der Waals surface area contributed by atoms with Gasteiger partial charge in [0.2, 0.25) is 0 Å². The average Bonchev–Trinajstić information content (AvgIpc) is 2.20. The Morgan fingerprint density at radius 2 is 1.94 bits per heavy atom. The molecule has 0 saturated carbocycles. The van der Waals surface area contributed by atoms with Crippen molar-refractivity contribution >= 4 is 16.7 Å². The van der Waals surface area contributed by atoms with Crippen LogP contribution in [0.2, 0.25) is 0 Å². The Morgan fingerprint density at radius 1 is 1.25 bits per heavy atom. The Labute approximate surface area is 91.4 Å². The maximum atomic E-state index is 11.1. The first-order chi connectivity index (χ1) is 7.52. The summed E-state index contributed by atoms with van der Waals surface area (Å²) in [5, 5.41) is 29.1. The van der Waals surface area contributed by atoms with E-state index in [1.807, 2.05) is 0 Å². The van der Waals surface area contributed by atoms with E-state index in [0.29, 0.717) is 10.8 Å². The van der Waals surface area contributed by atoms with Gasteiger partial charge in [-0.1, -0.05) is 18.2 Å². The zero-order valence-corrected chi connectivity index (χ0v) is 8.56. The third-order valence-corrected chi connectivity index (χ3v) is 2.54. The maximum Gasteiger partial charge on any atom is 0.340 e. The summed E-state index contributed by atoms with van der Waals surface area (Å²) in [4.78, 5) is 11.1. The van der Waals surface area contributed by atoms with Gasteiger partial charge in [-0.05, 0) is 23.9 Å². The summed E-state index contributed by atoms with van der Waals surface area (Å²) in [6, 6.07) is 6.56. The van der Waals surface area contributed by atoms with Gasteiger partial charge in [0, 0.05) is 5.39 Å². The lowest BCUT2D eigenvalue weighted by molar-refractivity contribution is 0.0695. The third kappa shape index (κ3) is 1.35. The van der Waals surface area contributed by atoms with Crippen LogP contribution in [0.5, 0.6) is 11.5 Å². The van der Waals surface area contributed by atoms with E-state index >= 15 is 0 Å². The van der Waals surface area contributed by atoms with Crippen molar-refractivity contribution < 1.29 is 20.1 Å². The third-order valence-electron chi connectivity index (χ3n) is 2.54. The highest BCUT2D eigenvalue weighted by atomic mass is 16.4. The molecule has 0 heterocycles. The van der Waals surface area contributed by atoms with Gasteiger partial charge in [-0.15, -0.1) is 0 Å². The minimum Gasteiger partial charge on any atom is -0.504 e. The molecule has 16 heavy (non-hydrogen) atoms. The molecule has 4 nitrogen and oxygen atoms in total. The Balaban J connectivity index is 3.03. The van der Waals surface area contributed by atoms with Crippen LogP contribution in [0.4, 0.5) is 0 Å². The van der Waals surface area contributed by atoms with Crippen LogP contribution in [0, 0.1) is 6.92 Å². The van der Waals surface area contributed by atoms with Gasteiger partial charge in [-0.25, -0.2) is 4.79 Å². The molecule has 0 aliphatic heterocycles. The zero-order valence-electron chi connectivity index (χ0n) is 8.56. The van der Waals surface area contributed by atoms with Crippen LogP contribution < -0.4 is 0 Å². The lowest BCUT2D eigenvalue weighted by Gasteiger charge is -2.09. The molecular weight excluding hydrogens is 208 g/mol. The first kappa shape index (κ1) is 10.3. The van der Waals surface area contributed by atoms with Gasteiger partial charge >= 0.3 is 5.97 Å². The first-order valence-corrected chi connectivity index (χ1v) is 4.70. The van der Waals surface area contributed by atoms with E-state index in [2.05, 4.69) is 0 Å². The second-order valence-corrected chi connectivity index (χ2v) is 3.60. The molecule has 2 rings (SSSR count). The van der Waals surface area contributed by atoms with Gasteiger partial charge in [-0.3, -0.25) is 0 Å². The number of hydrogen-bond acceptors (Lipinski definition) is 3. The monoisotopic (exact) mass is 218 g/mol. The van der Waals surface area contributed by atoms with E-state index < -0.39 is 17.5 Å². The van der Waals surface area contributed by atoms with Crippen molar-refractivity contribution in [3.63, 3.8) is 0 Å². The van der Waals surface area contributed by atoms with E-state index in [1.54, 1.807) is 25.1 Å². The number of carboxylic acids is 1. The standard InChI is InChI=1S/C12H10O4/c1-6-3-2-4-7-5-8(13)11(14)10(9(6)7)12(15)16/h2-5,13-14H,1H3,(H,15,16). The summed E-state index contributed by atoms with van der Waals surface area (Å²) in [5.74, 6) is -2.27. The molecule has 0 bridgehead atoms. The highest BCUT2D eigenvalue weighted by Gasteiger charge is 2.19. The van der Waals surface area contributed by atoms with Gasteiger partial charge in [0.05, 0.1) is 0 Å². The number of aryl methyl sites for hydroxylation is 1. The molecule has 0 atom stereocenters. The normalized spacial score (nSPS) is 10.6. The fourth-order valence-corrected chi connectivity index (χ4v) is 1.82. The molecule has 0 aromatic heterocycles. The van der Waals surface area contributed by atoms with Gasteiger partial charge in [0.1, 0.15) is 5.56 Å². The van der Waals surface area contributed by atoms with Crippen LogP contribution in [0.1, 0.15) is 15.9 Å². The van der Waals surface area contributed by atoms with E-state index in [4.69, 9.17) is 5.11 Å². The summed E-state index contributed by atoms with van der Waals surface area (Å²) >= 11 is 0. The fourth-order valence-electron chi connectivity index (χ4n) is 1.82. The van der Waals surface area contributed by atoms with Crippen LogP contribution >= 0.6 is 0 Å². The van der Waals surface area contributed by atoms with Crippen LogP contribution in [0.3, 0.4) is 0 Å². The molecule has 0 aliphatic rings. The van der Waals surface area contributed by atoms with Gasteiger partial charge in [0.25, 0.3) is 0 Å². The number of carbonyl (C=O) groups is 1. The van der Waals surface area contributed by atoms with Crippen LogP contribution in [0.25, 0.3) is 10.8 Å². The Hall–Kier alpha value is -2.23. The molecule has 4 heteroatoms. The topological polar surface area (TPSA) is 77.8 Å². The molecular formula is C12H10O4. The van der Waals surface area contributed by atoms with Crippen molar-refractivity contribution in [2.75, 3.05) is 0 Å². The smallest absolute Gasteiger partial charge is 0.340 e. The fraction of sp³-hybridized carbons (Fsp3) is 0.0833. The molecule has 3 N–H and O–H groups in total. The van der Waals surface area contributed by atoms with Crippen LogP contribution in [0.15, 0.2) is 24.3 Å². The molecule has 82 valence electrons. The van der Waals surface area contributed by atoms with Crippen molar-refractivity contribution in [1.29, 1.82) is 0 Å². The maximum absolute atomic E-state index is 11.1. The van der Waals surface area contributed by atoms with E-state index in [1.165, 1.54) is 6.07 Å². The number of aromatic hydroxyl groups is 2. The summed E-state index contributed by atoms with van der Waals surface area (Å²) in [6.45, 7) is 1.76. The molecule has 2 aromatic carbocycles. The molecule has 0 aliphatic carbocycles. The Morgan fingerprint density at radius 3 is 2.56 bits per heavy atom. The lowest BCUT2D eigenvalue weighted by Crippen LogP contribution is -1.99. The number of phenolic OH excluding ortho intramolecular Hbond substituents is 1. The molecule has 0 unspecified atom stereocenters. The summed E-state index contributed by atoms with van der Waals surface area (Å²) in [7, 11) is 0. The second kappa shape index (κ2) is 3.41. The lowest BCUT2D eigenvalue weighted by atomic mass is 9.98. The summed E-state index contributed by atoms with van der Waals surface area (Å²) in [6.07, 6.45) is 0. The number of carboxylic acid groups (broad SMARTS) is 1. The largest absolute Gasteiger partial charge is 0.504 e. The van der Waals surface area contributed by atoms with Gasteiger partial charge in [0.15, 0.2) is 11.5 Å². The minimum atomic E-state index is -1.26. The average molecular weight is 218 g/mol. The molecule has 0 amide bonds. The van der Waals surface area contributed by atoms with Crippen molar-refractivity contribution in [1.82, 2.24) is 0 Å². The second-order valence-electron chi connectivity index (χ2n) is 3.60. The van der Waals surface area contributed by atoms with E-state index in [9.17, 15) is 15.0 Å². The van der Waals surface area contributed by atoms with Crippen LogP contribution in [-0.4, -0.2) is 21.3 Å². The number of phenols is 2. The molecule has 0 fully saturated rings. The molecule has 2 aromatic rings. The summed E-state index contributed by atoms with van der Waals surface area (Å²) < 4.78 is 0. The highest BCUT2D eigenvalue weighted by Crippen LogP contribution is 2.37. The Bertz CT molecular complexity index is 587. The number of aromatic carboxylic acids is 1. The highest BCUT2D eigenvalue weighted by molar-refractivity contribution is 6.08. The Kier molecular flexibility index (Phi) is 2.20. The number of rotatable bonds is 1. The van der Waals surface area contributed by atoms with Crippen molar-refractivity contribution in [3.8, 4) is 11.5 Å². The minimum absolute atomic E-state index is 0.256. The quantitative estimate of drug-likeness (QED) is 0.641.